The lowest BCUT2D eigenvalue weighted by Crippen LogP contribution is -2.00. The van der Waals surface area contributed by atoms with Crippen molar-refractivity contribution in [3.63, 3.8) is 0 Å². The normalized spacial score (nSPS) is 10.3. The average Bonchev–Trinajstić information content (AvgIpc) is 1.61. The van der Waals surface area contributed by atoms with Crippen molar-refractivity contribution in [2.45, 2.75) is 13.3 Å². The van der Waals surface area contributed by atoms with E-state index in [9.17, 15) is 0 Å². The van der Waals surface area contributed by atoms with Crippen molar-refractivity contribution in [2.24, 2.45) is 0 Å². The maximum Gasteiger partial charge on any atom is 0.319 e. The van der Waals surface area contributed by atoms with E-state index in [-0.39, 0.29) is 0 Å². The molecule has 0 heterocycles. The topological polar surface area (TPSA) is 9.23 Å². The van der Waals surface area contributed by atoms with Crippen LogP contribution in [0.5, 0.6) is 0 Å². The first-order chi connectivity index (χ1) is 3.27. The summed E-state index contributed by atoms with van der Waals surface area (Å²) in [7, 11) is 0. The maximum absolute atomic E-state index is 5.16. The molecule has 0 aliphatic rings. The van der Waals surface area contributed by atoms with E-state index in [0.29, 0.717) is 0 Å². The Morgan fingerprint density at radius 1 is 1.57 bits per heavy atom. The van der Waals surface area contributed by atoms with Crippen molar-refractivity contribution in [1.29, 1.82) is 0 Å². The lowest BCUT2D eigenvalue weighted by molar-refractivity contribution is 0.343. The van der Waals surface area contributed by atoms with Crippen molar-refractivity contribution >= 4 is 36.9 Å². The van der Waals surface area contributed by atoms with Crippen LogP contribution in [0.1, 0.15) is 13.3 Å². The van der Waals surface area contributed by atoms with E-state index in [4.69, 9.17) is 4.43 Å². The minimum atomic E-state index is -1.06. The summed E-state index contributed by atoms with van der Waals surface area (Å²) < 4.78 is 5.16. The second-order valence-corrected chi connectivity index (χ2v) is 10.7. The summed E-state index contributed by atoms with van der Waals surface area (Å²) in [5, 5.41) is 0. The maximum atomic E-state index is 5.16. The average molecular weight is 248 g/mol. The van der Waals surface area contributed by atoms with Gasteiger partial charge in [0.15, 0.2) is 0 Å². The predicted molar refractivity (Wildman–Crippen MR) is 41.2 cm³/mol. The Bertz CT molecular complexity index is 41.9. The van der Waals surface area contributed by atoms with Gasteiger partial charge in [0.2, 0.25) is 0 Å². The smallest absolute Gasteiger partial charge is 0.319 e. The highest BCUT2D eigenvalue weighted by Gasteiger charge is 1.95. The molecule has 0 radical (unpaired) electrons. The Labute approximate surface area is 61.3 Å². The van der Waals surface area contributed by atoms with Crippen LogP contribution in [0.4, 0.5) is 0 Å². The molecule has 0 atom stereocenters. The number of rotatable bonds is 3. The van der Waals surface area contributed by atoms with Crippen molar-refractivity contribution in [2.75, 3.05) is 6.61 Å². The van der Waals surface area contributed by atoms with Crippen LogP contribution in [0.2, 0.25) is 0 Å². The second kappa shape index (κ2) is 5.28. The SMILES string of the molecule is CCCO[SiH](Br)Br. The molecule has 0 saturated heterocycles. The summed E-state index contributed by atoms with van der Waals surface area (Å²) in [5.74, 6) is 0. The van der Waals surface area contributed by atoms with Gasteiger partial charge < -0.3 is 4.43 Å². The standard InChI is InChI=1S/C3H8Br2OSi/c1-2-3-6-7(4)5/h7H,2-3H2,1H3. The van der Waals surface area contributed by atoms with E-state index >= 15 is 0 Å². The van der Waals surface area contributed by atoms with Crippen LogP contribution in [0.3, 0.4) is 0 Å². The monoisotopic (exact) mass is 246 g/mol. The van der Waals surface area contributed by atoms with Gasteiger partial charge in [-0.1, -0.05) is 37.5 Å². The van der Waals surface area contributed by atoms with Gasteiger partial charge in [-0.15, -0.1) is 0 Å². The van der Waals surface area contributed by atoms with Gasteiger partial charge in [-0.05, 0) is 6.42 Å². The molecule has 4 heteroatoms. The Morgan fingerprint density at radius 3 is 2.29 bits per heavy atom. The molecule has 0 bridgehead atoms. The van der Waals surface area contributed by atoms with Crippen LogP contribution in [0.25, 0.3) is 0 Å². The highest BCUT2D eigenvalue weighted by Crippen LogP contribution is 2.03. The molecular weight excluding hydrogens is 240 g/mol. The third kappa shape index (κ3) is 7.14. The zero-order valence-corrected chi connectivity index (χ0v) is 8.48. The molecule has 0 spiro atoms. The van der Waals surface area contributed by atoms with Crippen molar-refractivity contribution in [1.82, 2.24) is 0 Å². The Hall–Kier alpha value is 1.14. The lowest BCUT2D eigenvalue weighted by Gasteiger charge is -1.97. The minimum absolute atomic E-state index is 0.868. The summed E-state index contributed by atoms with van der Waals surface area (Å²) in [6.45, 7) is 2.96. The minimum Gasteiger partial charge on any atom is -0.401 e. The first kappa shape index (κ1) is 8.14. The van der Waals surface area contributed by atoms with Gasteiger partial charge in [-0.3, -0.25) is 0 Å². The predicted octanol–water partition coefficient (Wildman–Crippen LogP) is 1.92. The molecule has 44 valence electrons. The van der Waals surface area contributed by atoms with E-state index in [2.05, 4.69) is 37.5 Å². The molecule has 0 saturated carbocycles. The number of hydrogen-bond donors (Lipinski definition) is 0. The van der Waals surface area contributed by atoms with E-state index < -0.39 is 6.28 Å². The lowest BCUT2D eigenvalue weighted by atomic mass is 10.5. The number of hydrogen-bond acceptors (Lipinski definition) is 1. The molecule has 1 nitrogen and oxygen atoms in total. The van der Waals surface area contributed by atoms with E-state index in [1.807, 2.05) is 0 Å². The molecule has 0 aromatic carbocycles. The summed E-state index contributed by atoms with van der Waals surface area (Å²) in [4.78, 5) is 0. The molecule has 0 aliphatic carbocycles. The molecular formula is C3H8Br2OSi. The molecule has 0 aromatic rings. The summed E-state index contributed by atoms with van der Waals surface area (Å²) in [6, 6.07) is 0. The highest BCUT2D eigenvalue weighted by atomic mass is 79.9. The van der Waals surface area contributed by atoms with Crippen LogP contribution in [0.15, 0.2) is 0 Å². The Kier molecular flexibility index (Phi) is 6.13. The molecule has 0 aliphatic heterocycles. The molecule has 0 N–H and O–H groups in total. The fraction of sp³-hybridized carbons (Fsp3) is 1.00. The zero-order chi connectivity index (χ0) is 5.70. The fourth-order valence-corrected chi connectivity index (χ4v) is 1.74. The van der Waals surface area contributed by atoms with Gasteiger partial charge in [0.05, 0.1) is 0 Å². The summed E-state index contributed by atoms with van der Waals surface area (Å²) in [6.07, 6.45) is 0.0348. The van der Waals surface area contributed by atoms with Gasteiger partial charge in [0.25, 0.3) is 0 Å². The van der Waals surface area contributed by atoms with Gasteiger partial charge in [-0.25, -0.2) is 0 Å². The largest absolute Gasteiger partial charge is 0.401 e. The molecule has 0 amide bonds. The number of halogens is 2. The van der Waals surface area contributed by atoms with Crippen LogP contribution in [0, 0.1) is 0 Å². The quantitative estimate of drug-likeness (QED) is 0.547. The summed E-state index contributed by atoms with van der Waals surface area (Å²) >= 11 is 6.62. The highest BCUT2D eigenvalue weighted by molar-refractivity contribution is 9.48. The van der Waals surface area contributed by atoms with Gasteiger partial charge in [-0.2, -0.15) is 0 Å². The van der Waals surface area contributed by atoms with Gasteiger partial charge >= 0.3 is 6.28 Å². The van der Waals surface area contributed by atoms with Crippen molar-refractivity contribution < 1.29 is 4.43 Å². The fourth-order valence-electron chi connectivity index (χ4n) is 0.207. The zero-order valence-electron chi connectivity index (χ0n) is 4.16. The van der Waals surface area contributed by atoms with Gasteiger partial charge in [0, 0.05) is 6.61 Å². The van der Waals surface area contributed by atoms with E-state index in [1.54, 1.807) is 0 Å². The molecule has 7 heavy (non-hydrogen) atoms. The molecule has 0 aromatic heterocycles. The van der Waals surface area contributed by atoms with Crippen molar-refractivity contribution in [3.05, 3.63) is 0 Å². The Balaban J connectivity index is 2.68. The van der Waals surface area contributed by atoms with Gasteiger partial charge in [0.1, 0.15) is 0 Å². The second-order valence-electron chi connectivity index (χ2n) is 1.13. The molecule has 0 rings (SSSR count). The van der Waals surface area contributed by atoms with E-state index in [1.165, 1.54) is 0 Å². The molecule has 0 unspecified atom stereocenters. The van der Waals surface area contributed by atoms with Crippen LogP contribution in [-0.4, -0.2) is 12.9 Å². The van der Waals surface area contributed by atoms with Crippen LogP contribution in [-0.2, 0) is 4.43 Å². The van der Waals surface area contributed by atoms with Crippen LogP contribution >= 0.6 is 30.6 Å². The third-order valence-electron chi connectivity index (χ3n) is 0.448. The molecule has 0 fully saturated rings. The third-order valence-corrected chi connectivity index (χ3v) is 2.52. The Morgan fingerprint density at radius 2 is 2.14 bits per heavy atom. The summed E-state index contributed by atoms with van der Waals surface area (Å²) in [5.41, 5.74) is 0. The van der Waals surface area contributed by atoms with Crippen molar-refractivity contribution in [3.8, 4) is 0 Å². The van der Waals surface area contributed by atoms with E-state index in [0.717, 1.165) is 13.0 Å². The first-order valence-corrected chi connectivity index (χ1v) is 9.01. The van der Waals surface area contributed by atoms with Crippen LogP contribution < -0.4 is 0 Å². The first-order valence-electron chi connectivity index (χ1n) is 2.17.